The maximum absolute atomic E-state index is 13.0. The smallest absolute Gasteiger partial charge is 0.153 e. The van der Waals surface area contributed by atoms with E-state index in [1.807, 2.05) is 0 Å². The van der Waals surface area contributed by atoms with Crippen LogP contribution in [0.15, 0.2) is 0 Å². The molecule has 0 heterocycles. The molecule has 0 N–H and O–H groups in total. The second-order valence-corrected chi connectivity index (χ2v) is 10.9. The highest BCUT2D eigenvalue weighted by Gasteiger charge is 2.69. The van der Waals surface area contributed by atoms with Crippen molar-refractivity contribution >= 4 is 27.5 Å². The van der Waals surface area contributed by atoms with E-state index in [4.69, 9.17) is 0 Å². The average Bonchev–Trinajstić information content (AvgIpc) is 2.99. The van der Waals surface area contributed by atoms with Gasteiger partial charge in [0.25, 0.3) is 0 Å². The van der Waals surface area contributed by atoms with E-state index in [0.29, 0.717) is 23.4 Å². The Morgan fingerprint density at radius 3 is 2.04 bits per heavy atom. The predicted molar refractivity (Wildman–Crippen MR) is 94.5 cm³/mol. The van der Waals surface area contributed by atoms with Gasteiger partial charge in [-0.3, -0.25) is 9.59 Å². The van der Waals surface area contributed by atoms with Crippen molar-refractivity contribution in [1.29, 1.82) is 0 Å². The third kappa shape index (κ3) is 1.62. The molecule has 3 heteroatoms. The van der Waals surface area contributed by atoms with Gasteiger partial charge in [0, 0.05) is 17.3 Å². The minimum absolute atomic E-state index is 0.0346. The summed E-state index contributed by atoms with van der Waals surface area (Å²) in [6.45, 7) is 9.19. The van der Waals surface area contributed by atoms with Crippen molar-refractivity contribution in [2.75, 3.05) is 0 Å². The number of fused-ring (bicyclic) bond motifs is 4. The standard InChI is InChI=1S/C20H29BrO2/c1-17(2)12-5-7-19(17,14(22)11-12)9-10-20-8-6-13(18(20,3)4)15(21)16(20)23/h12-13,15H,5-11H2,1-4H3. The topological polar surface area (TPSA) is 34.1 Å². The van der Waals surface area contributed by atoms with Crippen LogP contribution in [0.5, 0.6) is 0 Å². The molecule has 0 spiro atoms. The lowest BCUT2D eigenvalue weighted by atomic mass is 9.60. The lowest BCUT2D eigenvalue weighted by molar-refractivity contribution is -0.135. The first-order valence-electron chi connectivity index (χ1n) is 9.32. The van der Waals surface area contributed by atoms with Gasteiger partial charge < -0.3 is 0 Å². The summed E-state index contributed by atoms with van der Waals surface area (Å²) in [5, 5.41) is 0. The molecule has 0 saturated heterocycles. The maximum atomic E-state index is 13.0. The van der Waals surface area contributed by atoms with Crippen LogP contribution in [-0.2, 0) is 9.59 Å². The van der Waals surface area contributed by atoms with Gasteiger partial charge in [0.2, 0.25) is 0 Å². The number of carbonyl (C=O) groups excluding carboxylic acids is 2. The summed E-state index contributed by atoms with van der Waals surface area (Å²) >= 11 is 3.68. The minimum atomic E-state index is -0.197. The highest BCUT2D eigenvalue weighted by Crippen LogP contribution is 2.71. The SMILES string of the molecule is CC1(C)C2CCC1(CCC13CCC(C(Br)C1=O)C3(C)C)C(=O)C2. The van der Waals surface area contributed by atoms with Crippen molar-refractivity contribution in [1.82, 2.24) is 0 Å². The molecule has 0 aromatic rings. The fourth-order valence-corrected chi connectivity index (χ4v) is 8.56. The molecular formula is C20H29BrO2. The van der Waals surface area contributed by atoms with Gasteiger partial charge in [-0.25, -0.2) is 0 Å². The second-order valence-electron chi connectivity index (χ2n) is 9.88. The van der Waals surface area contributed by atoms with Crippen LogP contribution < -0.4 is 0 Å². The van der Waals surface area contributed by atoms with Gasteiger partial charge in [-0.1, -0.05) is 43.6 Å². The molecule has 128 valence electrons. The molecule has 4 saturated carbocycles. The molecule has 0 radical (unpaired) electrons. The van der Waals surface area contributed by atoms with Gasteiger partial charge in [0.05, 0.1) is 4.83 Å². The fourth-order valence-electron chi connectivity index (χ4n) is 7.19. The molecule has 2 nitrogen and oxygen atoms in total. The molecular weight excluding hydrogens is 352 g/mol. The third-order valence-corrected chi connectivity index (χ3v) is 10.3. The first-order valence-corrected chi connectivity index (χ1v) is 10.2. The van der Waals surface area contributed by atoms with E-state index in [2.05, 4.69) is 43.6 Å². The van der Waals surface area contributed by atoms with Crippen LogP contribution in [-0.4, -0.2) is 16.4 Å². The minimum Gasteiger partial charge on any atom is -0.299 e. The quantitative estimate of drug-likeness (QED) is 0.650. The van der Waals surface area contributed by atoms with Crippen LogP contribution in [0.1, 0.15) is 72.6 Å². The Hall–Kier alpha value is -0.180. The monoisotopic (exact) mass is 380 g/mol. The molecule has 4 fully saturated rings. The van der Waals surface area contributed by atoms with Crippen molar-refractivity contribution in [3.05, 3.63) is 0 Å². The van der Waals surface area contributed by atoms with Crippen LogP contribution in [0.4, 0.5) is 0 Å². The first kappa shape index (κ1) is 16.3. The third-order valence-electron chi connectivity index (χ3n) is 9.24. The van der Waals surface area contributed by atoms with E-state index in [1.165, 1.54) is 6.42 Å². The zero-order valence-corrected chi connectivity index (χ0v) is 16.5. The number of rotatable bonds is 3. The van der Waals surface area contributed by atoms with Gasteiger partial charge in [-0.05, 0) is 61.2 Å². The summed E-state index contributed by atoms with van der Waals surface area (Å²) in [4.78, 5) is 25.9. The second kappa shape index (κ2) is 4.51. The highest BCUT2D eigenvalue weighted by molar-refractivity contribution is 9.10. The van der Waals surface area contributed by atoms with Crippen molar-refractivity contribution in [2.24, 2.45) is 33.5 Å². The van der Waals surface area contributed by atoms with Gasteiger partial charge in [0.1, 0.15) is 5.78 Å². The normalized spacial score (nSPS) is 49.3. The number of hydrogen-bond acceptors (Lipinski definition) is 2. The van der Waals surface area contributed by atoms with Crippen LogP contribution in [0.3, 0.4) is 0 Å². The molecule has 0 aromatic heterocycles. The Balaban J connectivity index is 1.65. The summed E-state index contributed by atoms with van der Waals surface area (Å²) in [7, 11) is 0. The molecule has 4 aliphatic carbocycles. The molecule has 5 atom stereocenters. The summed E-state index contributed by atoms with van der Waals surface area (Å²) in [6.07, 6.45) is 7.06. The van der Waals surface area contributed by atoms with E-state index in [9.17, 15) is 9.59 Å². The average molecular weight is 381 g/mol. The van der Waals surface area contributed by atoms with Crippen LogP contribution in [0.2, 0.25) is 0 Å². The number of halogens is 1. The Morgan fingerprint density at radius 2 is 1.57 bits per heavy atom. The van der Waals surface area contributed by atoms with Gasteiger partial charge in [-0.2, -0.15) is 0 Å². The lowest BCUT2D eigenvalue weighted by Gasteiger charge is -2.42. The number of ketones is 2. The summed E-state index contributed by atoms with van der Waals surface area (Å²) in [6, 6.07) is 0. The van der Waals surface area contributed by atoms with E-state index in [0.717, 1.165) is 38.5 Å². The predicted octanol–water partition coefficient (Wildman–Crippen LogP) is 4.93. The van der Waals surface area contributed by atoms with Crippen molar-refractivity contribution in [3.63, 3.8) is 0 Å². The molecule has 4 bridgehead atoms. The molecule has 0 aliphatic heterocycles. The first-order chi connectivity index (χ1) is 10.6. The van der Waals surface area contributed by atoms with Gasteiger partial charge in [-0.15, -0.1) is 0 Å². The Labute approximate surface area is 148 Å². The number of carbonyl (C=O) groups is 2. The zero-order chi connectivity index (χ0) is 16.8. The molecule has 0 aromatic carbocycles. The number of hydrogen-bond donors (Lipinski definition) is 0. The van der Waals surface area contributed by atoms with Crippen LogP contribution >= 0.6 is 15.9 Å². The Kier molecular flexibility index (Phi) is 3.19. The Morgan fingerprint density at radius 1 is 0.957 bits per heavy atom. The zero-order valence-electron chi connectivity index (χ0n) is 14.9. The number of alkyl halides is 1. The van der Waals surface area contributed by atoms with E-state index >= 15 is 0 Å². The lowest BCUT2D eigenvalue weighted by Crippen LogP contribution is -2.42. The van der Waals surface area contributed by atoms with Crippen molar-refractivity contribution in [2.45, 2.75) is 77.5 Å². The van der Waals surface area contributed by atoms with Gasteiger partial charge in [0.15, 0.2) is 5.78 Å². The fraction of sp³-hybridized carbons (Fsp3) is 0.900. The van der Waals surface area contributed by atoms with E-state index < -0.39 is 0 Å². The maximum Gasteiger partial charge on any atom is 0.153 e. The van der Waals surface area contributed by atoms with Crippen molar-refractivity contribution in [3.8, 4) is 0 Å². The highest BCUT2D eigenvalue weighted by atomic mass is 79.9. The Bertz CT molecular complexity index is 592. The van der Waals surface area contributed by atoms with Crippen LogP contribution in [0, 0.1) is 33.5 Å². The van der Waals surface area contributed by atoms with Crippen molar-refractivity contribution < 1.29 is 9.59 Å². The number of Topliss-reactive ketones (excluding diaryl/α,β-unsaturated/α-hetero) is 2. The summed E-state index contributed by atoms with van der Waals surface area (Å²) in [5.41, 5.74) is -0.153. The molecule has 4 aliphatic rings. The van der Waals surface area contributed by atoms with Gasteiger partial charge >= 0.3 is 0 Å². The van der Waals surface area contributed by atoms with Crippen LogP contribution in [0.25, 0.3) is 0 Å². The van der Waals surface area contributed by atoms with E-state index in [-0.39, 0.29) is 26.5 Å². The summed E-state index contributed by atoms with van der Waals surface area (Å²) < 4.78 is 0. The largest absolute Gasteiger partial charge is 0.299 e. The summed E-state index contributed by atoms with van der Waals surface area (Å²) in [5.74, 6) is 1.95. The molecule has 0 amide bonds. The molecule has 23 heavy (non-hydrogen) atoms. The van der Waals surface area contributed by atoms with E-state index in [1.54, 1.807) is 0 Å². The molecule has 5 unspecified atom stereocenters. The molecule has 4 rings (SSSR count).